The molecule has 0 atom stereocenters. The Morgan fingerprint density at radius 2 is 1.92 bits per heavy atom. The molecule has 4 aromatic heterocycles. The molecule has 0 saturated carbocycles. The average Bonchev–Trinajstić information content (AvgIpc) is 3.50. The molecule has 10 nitrogen and oxygen atoms in total. The van der Waals surface area contributed by atoms with E-state index in [0.717, 1.165) is 52.4 Å². The average molecular weight is 505 g/mol. The van der Waals surface area contributed by atoms with Crippen LogP contribution in [-0.2, 0) is 4.79 Å². The minimum absolute atomic E-state index is 0.0547. The molecule has 0 aliphatic carbocycles. The van der Waals surface area contributed by atoms with Crippen molar-refractivity contribution in [3.05, 3.63) is 41.3 Å². The summed E-state index contributed by atoms with van der Waals surface area (Å²) in [5, 5.41) is 13.5. The fourth-order valence-electron chi connectivity index (χ4n) is 5.25. The third-order valence-electron chi connectivity index (χ3n) is 7.48. The number of anilines is 1. The number of aryl methyl sites for hydroxylation is 1. The number of aliphatic hydroxyl groups is 1. The highest BCUT2D eigenvalue weighted by atomic mass is 16.3. The standard InChI is InChI=1S/C27H36N8O2/c1-17(2)24-25(20-14-35-27(28-16-29-35)19(4)18(20)3)30-21-6-7-22(31-26(21)24)33-8-10-34(11-9-33)23(37)15-32(5)12-13-36/h6-7,14,16-17,30,36H,8-13,15H2,1-5H3. The number of nitrogens with zero attached hydrogens (tertiary/aromatic N) is 7. The molecule has 2 N–H and O–H groups in total. The van der Waals surface area contributed by atoms with E-state index in [1.165, 1.54) is 11.1 Å². The van der Waals surface area contributed by atoms with Gasteiger partial charge in [0.05, 0.1) is 29.9 Å². The zero-order chi connectivity index (χ0) is 26.3. The van der Waals surface area contributed by atoms with Crippen molar-refractivity contribution < 1.29 is 9.90 Å². The van der Waals surface area contributed by atoms with Gasteiger partial charge in [-0.1, -0.05) is 13.8 Å². The Kier molecular flexibility index (Phi) is 6.87. The van der Waals surface area contributed by atoms with Gasteiger partial charge >= 0.3 is 0 Å². The number of carbonyl (C=O) groups excluding carboxylic acids is 1. The van der Waals surface area contributed by atoms with E-state index in [2.05, 4.69) is 66.0 Å². The highest BCUT2D eigenvalue weighted by Crippen LogP contribution is 2.37. The molecule has 10 heteroatoms. The minimum atomic E-state index is 0.0547. The van der Waals surface area contributed by atoms with Gasteiger partial charge in [0.2, 0.25) is 5.91 Å². The number of fused-ring (bicyclic) bond motifs is 2. The molecular weight excluding hydrogens is 468 g/mol. The highest BCUT2D eigenvalue weighted by Gasteiger charge is 2.25. The lowest BCUT2D eigenvalue weighted by molar-refractivity contribution is -0.132. The molecule has 1 aliphatic rings. The van der Waals surface area contributed by atoms with Crippen LogP contribution in [0.25, 0.3) is 27.9 Å². The van der Waals surface area contributed by atoms with Crippen LogP contribution >= 0.6 is 0 Å². The second kappa shape index (κ2) is 10.1. The van der Waals surface area contributed by atoms with Crippen molar-refractivity contribution in [2.24, 2.45) is 0 Å². The van der Waals surface area contributed by atoms with Crippen molar-refractivity contribution in [1.29, 1.82) is 0 Å². The topological polar surface area (TPSA) is 106 Å². The van der Waals surface area contributed by atoms with Crippen LogP contribution in [0.5, 0.6) is 0 Å². The maximum atomic E-state index is 12.6. The van der Waals surface area contributed by atoms with Crippen LogP contribution in [0, 0.1) is 13.8 Å². The number of hydrogen-bond donors (Lipinski definition) is 2. The zero-order valence-electron chi connectivity index (χ0n) is 22.3. The zero-order valence-corrected chi connectivity index (χ0v) is 22.3. The molecule has 1 amide bonds. The molecule has 0 spiro atoms. The number of H-pyrrole nitrogens is 1. The van der Waals surface area contributed by atoms with Crippen molar-refractivity contribution in [2.45, 2.75) is 33.6 Å². The molecule has 0 unspecified atom stereocenters. The number of rotatable bonds is 7. The van der Waals surface area contributed by atoms with Crippen LogP contribution in [0.4, 0.5) is 5.82 Å². The smallest absolute Gasteiger partial charge is 0.236 e. The second-order valence-electron chi connectivity index (χ2n) is 10.3. The Morgan fingerprint density at radius 3 is 2.62 bits per heavy atom. The molecule has 0 aromatic carbocycles. The molecule has 5 heterocycles. The number of aromatic nitrogens is 5. The fourth-order valence-corrected chi connectivity index (χ4v) is 5.25. The van der Waals surface area contributed by atoms with Crippen LogP contribution < -0.4 is 4.90 Å². The molecule has 1 aliphatic heterocycles. The first kappa shape index (κ1) is 25.2. The van der Waals surface area contributed by atoms with E-state index in [1.54, 1.807) is 6.33 Å². The Morgan fingerprint density at radius 1 is 1.16 bits per heavy atom. The molecule has 5 rings (SSSR count). The van der Waals surface area contributed by atoms with E-state index in [1.807, 2.05) is 21.4 Å². The number of hydrogen-bond acceptors (Lipinski definition) is 7. The first-order valence-electron chi connectivity index (χ1n) is 12.9. The summed E-state index contributed by atoms with van der Waals surface area (Å²) in [6, 6.07) is 4.18. The summed E-state index contributed by atoms with van der Waals surface area (Å²) in [6.45, 7) is 12.3. The normalized spacial score (nSPS) is 14.6. The van der Waals surface area contributed by atoms with Crippen molar-refractivity contribution in [3.8, 4) is 11.3 Å². The van der Waals surface area contributed by atoms with Gasteiger partial charge in [-0.05, 0) is 50.1 Å². The van der Waals surface area contributed by atoms with Gasteiger partial charge in [0.1, 0.15) is 12.1 Å². The van der Waals surface area contributed by atoms with Crippen molar-refractivity contribution in [3.63, 3.8) is 0 Å². The Bertz CT molecular complexity index is 1430. The summed E-state index contributed by atoms with van der Waals surface area (Å²) in [5.41, 5.74) is 8.56. The number of carbonyl (C=O) groups is 1. The monoisotopic (exact) mass is 504 g/mol. The molecular formula is C27H36N8O2. The molecule has 0 radical (unpaired) electrons. The van der Waals surface area contributed by atoms with Gasteiger partial charge in [-0.2, -0.15) is 5.10 Å². The molecule has 4 aromatic rings. The molecule has 0 bridgehead atoms. The number of piperazine rings is 1. The Labute approximate surface area is 216 Å². The number of pyridine rings is 2. The van der Waals surface area contributed by atoms with Crippen LogP contribution in [-0.4, -0.2) is 98.3 Å². The van der Waals surface area contributed by atoms with Gasteiger partial charge in [-0.25, -0.2) is 14.5 Å². The number of aliphatic hydroxyl groups excluding tert-OH is 1. The van der Waals surface area contributed by atoms with E-state index in [0.29, 0.717) is 26.2 Å². The van der Waals surface area contributed by atoms with E-state index in [4.69, 9.17) is 10.1 Å². The van der Waals surface area contributed by atoms with E-state index < -0.39 is 0 Å². The lowest BCUT2D eigenvalue weighted by Crippen LogP contribution is -2.51. The van der Waals surface area contributed by atoms with E-state index in [9.17, 15) is 4.79 Å². The van der Waals surface area contributed by atoms with Crippen LogP contribution in [0.2, 0.25) is 0 Å². The first-order valence-corrected chi connectivity index (χ1v) is 12.9. The predicted octanol–water partition coefficient (Wildman–Crippen LogP) is 2.59. The molecule has 1 saturated heterocycles. The lowest BCUT2D eigenvalue weighted by atomic mass is 9.95. The lowest BCUT2D eigenvalue weighted by Gasteiger charge is -2.36. The number of likely N-dealkylation sites (N-methyl/N-ethyl adjacent to an activating group) is 1. The number of nitrogens with one attached hydrogen (secondary N) is 1. The van der Waals surface area contributed by atoms with Gasteiger partial charge in [0.25, 0.3) is 0 Å². The van der Waals surface area contributed by atoms with Gasteiger partial charge in [-0.3, -0.25) is 9.69 Å². The minimum Gasteiger partial charge on any atom is -0.395 e. The first-order chi connectivity index (χ1) is 17.8. The Balaban J connectivity index is 1.43. The third-order valence-corrected chi connectivity index (χ3v) is 7.48. The summed E-state index contributed by atoms with van der Waals surface area (Å²) >= 11 is 0. The van der Waals surface area contributed by atoms with Crippen molar-refractivity contribution in [2.75, 3.05) is 57.8 Å². The summed E-state index contributed by atoms with van der Waals surface area (Å²) in [6.07, 6.45) is 3.64. The fraction of sp³-hybridized carbons (Fsp3) is 0.481. The summed E-state index contributed by atoms with van der Waals surface area (Å²) in [4.78, 5) is 31.8. The predicted molar refractivity (Wildman–Crippen MR) is 145 cm³/mol. The van der Waals surface area contributed by atoms with Gasteiger partial charge in [0.15, 0.2) is 5.65 Å². The maximum absolute atomic E-state index is 12.6. The van der Waals surface area contributed by atoms with Crippen LogP contribution in [0.3, 0.4) is 0 Å². The quantitative estimate of drug-likeness (QED) is 0.399. The van der Waals surface area contributed by atoms with Gasteiger partial charge in [-0.15, -0.1) is 0 Å². The largest absolute Gasteiger partial charge is 0.395 e. The second-order valence-corrected chi connectivity index (χ2v) is 10.3. The SMILES string of the molecule is Cc1c(-c2[nH]c3ccc(N4CCN(C(=O)CN(C)CCO)CC4)nc3c2C(C)C)cn2ncnc2c1C. The maximum Gasteiger partial charge on any atom is 0.236 e. The van der Waals surface area contributed by atoms with Crippen LogP contribution in [0.1, 0.15) is 36.5 Å². The highest BCUT2D eigenvalue weighted by molar-refractivity contribution is 5.90. The van der Waals surface area contributed by atoms with Crippen molar-refractivity contribution in [1.82, 2.24) is 34.4 Å². The molecule has 37 heavy (non-hydrogen) atoms. The summed E-state index contributed by atoms with van der Waals surface area (Å²) in [7, 11) is 1.85. The van der Waals surface area contributed by atoms with Crippen molar-refractivity contribution >= 4 is 28.4 Å². The van der Waals surface area contributed by atoms with E-state index >= 15 is 0 Å². The third kappa shape index (κ3) is 4.67. The summed E-state index contributed by atoms with van der Waals surface area (Å²) < 4.78 is 1.84. The summed E-state index contributed by atoms with van der Waals surface area (Å²) in [5.74, 6) is 1.30. The Hall–Kier alpha value is -3.50. The van der Waals surface area contributed by atoms with Gasteiger partial charge < -0.3 is 19.9 Å². The number of aromatic amines is 1. The van der Waals surface area contributed by atoms with Crippen LogP contribution in [0.15, 0.2) is 24.7 Å². The molecule has 196 valence electrons. The van der Waals surface area contributed by atoms with Gasteiger partial charge in [0, 0.05) is 50.0 Å². The number of amides is 1. The molecule has 1 fully saturated rings. The van der Waals surface area contributed by atoms with E-state index in [-0.39, 0.29) is 18.4 Å².